The maximum absolute atomic E-state index is 8.88. The fraction of sp³-hybridized carbons (Fsp3) is 0.571. The van der Waals surface area contributed by atoms with Crippen LogP contribution in [0.2, 0.25) is 0 Å². The number of rotatable bonds is 3. The molecule has 0 N–H and O–H groups in total. The van der Waals surface area contributed by atoms with E-state index in [1.54, 1.807) is 6.07 Å². The van der Waals surface area contributed by atoms with Crippen LogP contribution in [0, 0.1) is 17.2 Å². The molecule has 1 aromatic rings. The van der Waals surface area contributed by atoms with Gasteiger partial charge in [0.1, 0.15) is 17.6 Å². The third-order valence-corrected chi connectivity index (χ3v) is 3.05. The van der Waals surface area contributed by atoms with E-state index in [2.05, 4.69) is 29.8 Å². The van der Waals surface area contributed by atoms with E-state index in [1.807, 2.05) is 12.1 Å². The van der Waals surface area contributed by atoms with Crippen LogP contribution in [0.5, 0.6) is 0 Å². The molecule has 4 heteroatoms. The van der Waals surface area contributed by atoms with Crippen LogP contribution in [-0.4, -0.2) is 30.8 Å². The third-order valence-electron chi connectivity index (χ3n) is 3.05. The minimum absolute atomic E-state index is 0.270. The second-order valence-corrected chi connectivity index (χ2v) is 5.06. The van der Waals surface area contributed by atoms with Crippen molar-refractivity contribution in [2.75, 3.05) is 24.6 Å². The Hall–Kier alpha value is -1.60. The topological polar surface area (TPSA) is 49.2 Å². The Kier molecular flexibility index (Phi) is 4.16. The molecule has 1 aliphatic heterocycles. The number of nitrogens with zero attached hydrogens (tertiary/aromatic N) is 3. The highest BCUT2D eigenvalue weighted by Gasteiger charge is 2.22. The van der Waals surface area contributed by atoms with Crippen LogP contribution >= 0.6 is 0 Å². The molecule has 0 bridgehead atoms. The van der Waals surface area contributed by atoms with Crippen LogP contribution in [0.1, 0.15) is 26.0 Å². The summed E-state index contributed by atoms with van der Waals surface area (Å²) in [6.45, 7) is 6.85. The molecule has 18 heavy (non-hydrogen) atoms. The van der Waals surface area contributed by atoms with E-state index >= 15 is 0 Å². The van der Waals surface area contributed by atoms with Crippen molar-refractivity contribution >= 4 is 5.82 Å². The Balaban J connectivity index is 2.06. The molecule has 1 unspecified atom stereocenters. The monoisotopic (exact) mass is 245 g/mol. The molecule has 4 nitrogen and oxygen atoms in total. The van der Waals surface area contributed by atoms with E-state index in [0.29, 0.717) is 11.6 Å². The number of hydrogen-bond donors (Lipinski definition) is 0. The molecule has 1 fully saturated rings. The van der Waals surface area contributed by atoms with Crippen LogP contribution in [0.4, 0.5) is 5.82 Å². The zero-order valence-corrected chi connectivity index (χ0v) is 11.0. The maximum Gasteiger partial charge on any atom is 0.142 e. The fourth-order valence-electron chi connectivity index (χ4n) is 2.26. The standard InChI is InChI=1S/C14H19N3O/c1-11(2)8-13-10-17(6-7-18-13)14-5-3-4-12(9-15)16-14/h3-5,11,13H,6-8,10H2,1-2H3. The van der Waals surface area contributed by atoms with Gasteiger partial charge < -0.3 is 9.64 Å². The molecule has 1 saturated heterocycles. The molecule has 0 aliphatic carbocycles. The largest absolute Gasteiger partial charge is 0.375 e. The zero-order chi connectivity index (χ0) is 13.0. The number of morpholine rings is 1. The fourth-order valence-corrected chi connectivity index (χ4v) is 2.26. The summed E-state index contributed by atoms with van der Waals surface area (Å²) in [5.41, 5.74) is 0.472. The Morgan fingerprint density at radius 1 is 1.56 bits per heavy atom. The molecule has 0 aromatic carbocycles. The highest BCUT2D eigenvalue weighted by molar-refractivity contribution is 5.42. The first-order valence-electron chi connectivity index (χ1n) is 6.42. The number of anilines is 1. The third kappa shape index (κ3) is 3.21. The van der Waals surface area contributed by atoms with Gasteiger partial charge in [0.25, 0.3) is 0 Å². The lowest BCUT2D eigenvalue weighted by Gasteiger charge is -2.34. The Labute approximate surface area is 108 Å². The SMILES string of the molecule is CC(C)CC1CN(c2cccc(C#N)n2)CCO1. The van der Waals surface area contributed by atoms with E-state index in [4.69, 9.17) is 10.00 Å². The maximum atomic E-state index is 8.88. The van der Waals surface area contributed by atoms with Crippen molar-refractivity contribution in [3.63, 3.8) is 0 Å². The molecule has 1 aliphatic rings. The summed E-state index contributed by atoms with van der Waals surface area (Å²) in [7, 11) is 0. The number of pyridine rings is 1. The number of aromatic nitrogens is 1. The van der Waals surface area contributed by atoms with Crippen molar-refractivity contribution in [1.82, 2.24) is 4.98 Å². The molecule has 1 atom stereocenters. The molecule has 1 aromatic heterocycles. The van der Waals surface area contributed by atoms with Gasteiger partial charge in [-0.2, -0.15) is 5.26 Å². The van der Waals surface area contributed by atoms with Crippen LogP contribution in [0.25, 0.3) is 0 Å². The minimum Gasteiger partial charge on any atom is -0.375 e. The van der Waals surface area contributed by atoms with Crippen LogP contribution < -0.4 is 4.90 Å². The van der Waals surface area contributed by atoms with Gasteiger partial charge in [-0.05, 0) is 24.5 Å². The van der Waals surface area contributed by atoms with Crippen LogP contribution in [0.3, 0.4) is 0 Å². The second kappa shape index (κ2) is 5.83. The van der Waals surface area contributed by atoms with E-state index in [-0.39, 0.29) is 6.10 Å². The van der Waals surface area contributed by atoms with Gasteiger partial charge in [0, 0.05) is 13.1 Å². The normalized spacial score (nSPS) is 19.9. The Bertz CT molecular complexity index is 439. The van der Waals surface area contributed by atoms with Crippen molar-refractivity contribution in [3.8, 4) is 6.07 Å². The highest BCUT2D eigenvalue weighted by Crippen LogP contribution is 2.19. The van der Waals surface area contributed by atoms with E-state index < -0.39 is 0 Å². The van der Waals surface area contributed by atoms with Gasteiger partial charge in [-0.3, -0.25) is 0 Å². The average Bonchev–Trinajstić information content (AvgIpc) is 2.38. The molecule has 0 spiro atoms. The molecular weight excluding hydrogens is 226 g/mol. The van der Waals surface area contributed by atoms with Gasteiger partial charge in [-0.15, -0.1) is 0 Å². The predicted molar refractivity (Wildman–Crippen MR) is 70.4 cm³/mol. The van der Waals surface area contributed by atoms with Crippen molar-refractivity contribution in [3.05, 3.63) is 23.9 Å². The average molecular weight is 245 g/mol. The lowest BCUT2D eigenvalue weighted by molar-refractivity contribution is 0.0273. The quantitative estimate of drug-likeness (QED) is 0.819. The van der Waals surface area contributed by atoms with Gasteiger partial charge in [0.2, 0.25) is 0 Å². The summed E-state index contributed by atoms with van der Waals surface area (Å²) in [6, 6.07) is 7.65. The first-order valence-corrected chi connectivity index (χ1v) is 6.42. The van der Waals surface area contributed by atoms with Crippen LogP contribution in [-0.2, 0) is 4.74 Å². The van der Waals surface area contributed by atoms with Crippen molar-refractivity contribution in [2.45, 2.75) is 26.4 Å². The predicted octanol–water partition coefficient (Wildman–Crippen LogP) is 2.20. The van der Waals surface area contributed by atoms with Crippen LogP contribution in [0.15, 0.2) is 18.2 Å². The summed E-state index contributed by atoms with van der Waals surface area (Å²) in [6.07, 6.45) is 1.33. The second-order valence-electron chi connectivity index (χ2n) is 5.06. The van der Waals surface area contributed by atoms with E-state index in [1.165, 1.54) is 0 Å². The zero-order valence-electron chi connectivity index (χ0n) is 11.0. The summed E-state index contributed by atoms with van der Waals surface area (Å²) < 4.78 is 5.76. The molecule has 0 amide bonds. The molecule has 96 valence electrons. The molecule has 0 saturated carbocycles. The van der Waals surface area contributed by atoms with Gasteiger partial charge in [0.15, 0.2) is 0 Å². The first kappa shape index (κ1) is 12.8. The molecule has 0 radical (unpaired) electrons. The van der Waals surface area contributed by atoms with E-state index in [9.17, 15) is 0 Å². The van der Waals surface area contributed by atoms with Gasteiger partial charge in [-0.25, -0.2) is 4.98 Å². The lowest BCUT2D eigenvalue weighted by atomic mass is 10.0. The lowest BCUT2D eigenvalue weighted by Crippen LogP contribution is -2.43. The van der Waals surface area contributed by atoms with Gasteiger partial charge in [0.05, 0.1) is 12.7 Å². The summed E-state index contributed by atoms with van der Waals surface area (Å²) in [4.78, 5) is 6.54. The van der Waals surface area contributed by atoms with Crippen molar-refractivity contribution in [2.24, 2.45) is 5.92 Å². The highest BCUT2D eigenvalue weighted by atomic mass is 16.5. The molecule has 2 rings (SSSR count). The van der Waals surface area contributed by atoms with Crippen molar-refractivity contribution < 1.29 is 4.74 Å². The number of ether oxygens (including phenoxy) is 1. The summed E-state index contributed by atoms with van der Waals surface area (Å²) >= 11 is 0. The number of nitriles is 1. The van der Waals surface area contributed by atoms with Gasteiger partial charge in [-0.1, -0.05) is 19.9 Å². The minimum atomic E-state index is 0.270. The summed E-state index contributed by atoms with van der Waals surface area (Å²) in [5.74, 6) is 1.51. The Morgan fingerprint density at radius 3 is 3.11 bits per heavy atom. The van der Waals surface area contributed by atoms with Gasteiger partial charge >= 0.3 is 0 Å². The Morgan fingerprint density at radius 2 is 2.39 bits per heavy atom. The molecule has 2 heterocycles. The smallest absolute Gasteiger partial charge is 0.142 e. The van der Waals surface area contributed by atoms with E-state index in [0.717, 1.165) is 31.9 Å². The van der Waals surface area contributed by atoms with Crippen molar-refractivity contribution in [1.29, 1.82) is 5.26 Å². The first-order chi connectivity index (χ1) is 8.69. The molecular formula is C14H19N3O. The summed E-state index contributed by atoms with van der Waals surface area (Å²) in [5, 5.41) is 8.88. The number of hydrogen-bond acceptors (Lipinski definition) is 4.